The Morgan fingerprint density at radius 3 is 2.43 bits per heavy atom. The number of Topliss-reactive ketones (excluding diaryl/α,β-unsaturated/α-hetero) is 1. The fraction of sp³-hybridized carbons (Fsp3) is 0.500. The molecule has 1 N–H and O–H groups in total. The maximum atomic E-state index is 12.6. The second-order valence-corrected chi connectivity index (χ2v) is 9.08. The molecule has 0 radical (unpaired) electrons. The van der Waals surface area contributed by atoms with E-state index in [4.69, 9.17) is 0 Å². The zero-order valence-electron chi connectivity index (χ0n) is 13.6. The van der Waals surface area contributed by atoms with Crippen LogP contribution in [0.3, 0.4) is 0 Å². The summed E-state index contributed by atoms with van der Waals surface area (Å²) in [6.07, 6.45) is 3.86. The first-order valence-electron chi connectivity index (χ1n) is 7.96. The van der Waals surface area contributed by atoms with E-state index in [0.717, 1.165) is 12.0 Å². The monoisotopic (exact) mass is 333 g/mol. The Labute approximate surface area is 138 Å². The van der Waals surface area contributed by atoms with Crippen LogP contribution in [0.5, 0.6) is 0 Å². The average Bonchev–Trinajstić information content (AvgIpc) is 2.81. The second kappa shape index (κ2) is 5.20. The lowest BCUT2D eigenvalue weighted by molar-refractivity contribution is -0.128. The summed E-state index contributed by atoms with van der Waals surface area (Å²) in [5.41, 5.74) is 0.470. The molecule has 23 heavy (non-hydrogen) atoms. The van der Waals surface area contributed by atoms with Crippen LogP contribution < -0.4 is 4.72 Å². The summed E-state index contributed by atoms with van der Waals surface area (Å²) in [5.74, 6) is 0.314. The molecule has 4 nitrogen and oxygen atoms in total. The quantitative estimate of drug-likeness (QED) is 0.897. The van der Waals surface area contributed by atoms with Crippen LogP contribution in [-0.2, 0) is 14.8 Å². The highest BCUT2D eigenvalue weighted by atomic mass is 32.2. The predicted octanol–water partition coefficient (Wildman–Crippen LogP) is 3.47. The van der Waals surface area contributed by atoms with Crippen molar-refractivity contribution in [2.75, 3.05) is 10.5 Å². The molecule has 1 aromatic carbocycles. The molecule has 0 spiro atoms. The summed E-state index contributed by atoms with van der Waals surface area (Å²) in [7, 11) is -3.58. The van der Waals surface area contributed by atoms with Gasteiger partial charge in [0.25, 0.3) is 0 Å². The maximum Gasteiger partial charge on any atom is 0.233 e. The summed E-state index contributed by atoms with van der Waals surface area (Å²) in [4.78, 5) is 12.5. The molecule has 3 rings (SSSR count). The smallest absolute Gasteiger partial charge is 0.233 e. The topological polar surface area (TPSA) is 63.2 Å². The third-order valence-corrected chi connectivity index (χ3v) is 7.41. The molecule has 2 aliphatic rings. The number of hydrogen-bond donors (Lipinski definition) is 1. The first-order chi connectivity index (χ1) is 10.7. The van der Waals surface area contributed by atoms with Crippen molar-refractivity contribution < 1.29 is 13.2 Å². The van der Waals surface area contributed by atoms with Gasteiger partial charge in [0, 0.05) is 12.1 Å². The van der Waals surface area contributed by atoms with Crippen LogP contribution in [0.2, 0.25) is 0 Å². The molecule has 124 valence electrons. The Balaban J connectivity index is 1.83. The van der Waals surface area contributed by atoms with Crippen LogP contribution in [0.1, 0.15) is 38.7 Å². The van der Waals surface area contributed by atoms with Gasteiger partial charge in [0.15, 0.2) is 0 Å². The lowest BCUT2D eigenvalue weighted by Crippen LogP contribution is -2.43. The van der Waals surface area contributed by atoms with Crippen molar-refractivity contribution in [3.63, 3.8) is 0 Å². The van der Waals surface area contributed by atoms with E-state index in [1.807, 2.05) is 13.8 Å². The molecular formula is C18H23NO3S. The molecule has 2 atom stereocenters. The van der Waals surface area contributed by atoms with Crippen molar-refractivity contribution in [1.82, 2.24) is 0 Å². The molecule has 0 amide bonds. The fourth-order valence-corrected chi connectivity index (χ4v) is 6.23. The molecule has 0 aliphatic heterocycles. The molecule has 0 aromatic heterocycles. The number of anilines is 1. The van der Waals surface area contributed by atoms with Crippen molar-refractivity contribution in [2.45, 2.75) is 33.1 Å². The van der Waals surface area contributed by atoms with Gasteiger partial charge in [-0.3, -0.25) is 9.52 Å². The number of carbonyl (C=O) groups is 1. The van der Waals surface area contributed by atoms with E-state index in [0.29, 0.717) is 24.4 Å². The molecule has 2 saturated carbocycles. The van der Waals surface area contributed by atoms with Crippen LogP contribution in [-0.4, -0.2) is 20.0 Å². The summed E-state index contributed by atoms with van der Waals surface area (Å²) in [6, 6.07) is 7.04. The standard InChI is InChI=1S/C18H23NO3S/c1-4-13-5-7-15(8-6-13)19-23(21,22)12-18-10-9-14(11-16(18)20)17(18,2)3/h4-8,14,19H,1,9-12H2,2-3H3. The van der Waals surface area contributed by atoms with Crippen molar-refractivity contribution in [1.29, 1.82) is 0 Å². The van der Waals surface area contributed by atoms with Gasteiger partial charge in [-0.05, 0) is 41.9 Å². The normalized spacial score (nSPS) is 28.8. The SMILES string of the molecule is C=Cc1ccc(NS(=O)(=O)CC23CCC(CC2=O)C3(C)C)cc1. The Morgan fingerprint density at radius 1 is 1.30 bits per heavy atom. The number of fused-ring (bicyclic) bond motifs is 2. The first kappa shape index (κ1) is 16.2. The van der Waals surface area contributed by atoms with Gasteiger partial charge in [0.2, 0.25) is 10.0 Å². The summed E-state index contributed by atoms with van der Waals surface area (Å²) in [5, 5.41) is 0. The largest absolute Gasteiger partial charge is 0.299 e. The van der Waals surface area contributed by atoms with Crippen LogP contribution in [0.4, 0.5) is 5.69 Å². The number of nitrogens with one attached hydrogen (secondary N) is 1. The van der Waals surface area contributed by atoms with Crippen molar-refractivity contribution >= 4 is 27.6 Å². The fourth-order valence-electron chi connectivity index (χ4n) is 4.34. The Bertz CT molecular complexity index is 749. The molecule has 2 unspecified atom stereocenters. The van der Waals surface area contributed by atoms with Gasteiger partial charge in [-0.2, -0.15) is 0 Å². The zero-order chi connectivity index (χ0) is 16.9. The van der Waals surface area contributed by atoms with Gasteiger partial charge < -0.3 is 0 Å². The highest BCUT2D eigenvalue weighted by Gasteiger charge is 2.65. The number of hydrogen-bond acceptors (Lipinski definition) is 3. The van der Waals surface area contributed by atoms with Crippen molar-refractivity contribution in [2.24, 2.45) is 16.7 Å². The minimum atomic E-state index is -3.58. The number of ketones is 1. The average molecular weight is 333 g/mol. The molecular weight excluding hydrogens is 310 g/mol. The Morgan fingerprint density at radius 2 is 1.96 bits per heavy atom. The van der Waals surface area contributed by atoms with E-state index >= 15 is 0 Å². The van der Waals surface area contributed by atoms with Crippen LogP contribution in [0.25, 0.3) is 6.08 Å². The summed E-state index contributed by atoms with van der Waals surface area (Å²) in [6.45, 7) is 7.77. The minimum absolute atomic E-state index is 0.117. The molecule has 5 heteroatoms. The third-order valence-electron chi connectivity index (χ3n) is 6.00. The van der Waals surface area contributed by atoms with Gasteiger partial charge in [-0.25, -0.2) is 8.42 Å². The highest BCUT2D eigenvalue weighted by Crippen LogP contribution is 2.64. The van der Waals surface area contributed by atoms with Crippen molar-refractivity contribution in [3.8, 4) is 0 Å². The third kappa shape index (κ3) is 2.51. The molecule has 2 aliphatic carbocycles. The number of rotatable bonds is 5. The minimum Gasteiger partial charge on any atom is -0.299 e. The molecule has 1 aromatic rings. The van der Waals surface area contributed by atoms with Crippen LogP contribution in [0, 0.1) is 16.7 Å². The lowest BCUT2D eigenvalue weighted by Gasteiger charge is -2.36. The second-order valence-electron chi connectivity index (χ2n) is 7.35. The van der Waals surface area contributed by atoms with Crippen molar-refractivity contribution in [3.05, 3.63) is 36.4 Å². The lowest BCUT2D eigenvalue weighted by atomic mass is 9.70. The van der Waals surface area contributed by atoms with E-state index < -0.39 is 15.4 Å². The first-order valence-corrected chi connectivity index (χ1v) is 9.62. The zero-order valence-corrected chi connectivity index (χ0v) is 14.4. The Hall–Kier alpha value is -1.62. The van der Waals surface area contributed by atoms with Crippen LogP contribution in [0.15, 0.2) is 30.8 Å². The van der Waals surface area contributed by atoms with E-state index in [1.54, 1.807) is 30.3 Å². The van der Waals surface area contributed by atoms with Gasteiger partial charge in [0.05, 0.1) is 11.2 Å². The maximum absolute atomic E-state index is 12.6. The Kier molecular flexibility index (Phi) is 3.67. The van der Waals surface area contributed by atoms with E-state index in [1.165, 1.54) is 0 Å². The molecule has 0 heterocycles. The summed E-state index contributed by atoms with van der Waals surface area (Å²) >= 11 is 0. The molecule has 0 saturated heterocycles. The van der Waals surface area contributed by atoms with Gasteiger partial charge in [-0.15, -0.1) is 0 Å². The summed E-state index contributed by atoms with van der Waals surface area (Å²) < 4.78 is 27.9. The van der Waals surface area contributed by atoms with Gasteiger partial charge >= 0.3 is 0 Å². The van der Waals surface area contributed by atoms with Gasteiger partial charge in [0.1, 0.15) is 5.78 Å². The van der Waals surface area contributed by atoms with E-state index in [-0.39, 0.29) is 17.0 Å². The number of sulfonamides is 1. The molecule has 2 fully saturated rings. The number of benzene rings is 1. The van der Waals surface area contributed by atoms with Crippen LogP contribution >= 0.6 is 0 Å². The van der Waals surface area contributed by atoms with Gasteiger partial charge in [-0.1, -0.05) is 38.6 Å². The molecule has 2 bridgehead atoms. The highest BCUT2D eigenvalue weighted by molar-refractivity contribution is 7.92. The van der Waals surface area contributed by atoms with E-state index in [2.05, 4.69) is 11.3 Å². The number of carbonyl (C=O) groups excluding carboxylic acids is 1. The predicted molar refractivity (Wildman–Crippen MR) is 92.5 cm³/mol. The van der Waals surface area contributed by atoms with E-state index in [9.17, 15) is 13.2 Å².